The van der Waals surface area contributed by atoms with E-state index in [9.17, 15) is 0 Å². The molecule has 0 unspecified atom stereocenters. The molecule has 44 valence electrons. The maximum atomic E-state index is 2.12. The Labute approximate surface area is 53.1 Å². The van der Waals surface area contributed by atoms with Crippen molar-refractivity contribution in [3.05, 3.63) is 0 Å². The van der Waals surface area contributed by atoms with Gasteiger partial charge in [-0.05, 0) is 0 Å². The van der Waals surface area contributed by atoms with Crippen LogP contribution >= 0.6 is 24.8 Å². The lowest BCUT2D eigenvalue weighted by atomic mass is 10.6. The normalized spacial score (nSPS) is 3.00. The number of hydrogen-bond donors (Lipinski definition) is 0. The summed E-state index contributed by atoms with van der Waals surface area (Å²) >= 11 is 0. The molecular weight excluding hydrogens is 119 g/mol. The van der Waals surface area contributed by atoms with Crippen LogP contribution in [0.2, 0.25) is 0 Å². The van der Waals surface area contributed by atoms with Crippen LogP contribution < -0.4 is 0 Å². The van der Waals surface area contributed by atoms with Gasteiger partial charge in [0.15, 0.2) is 0 Å². The molecule has 0 fully saturated rings. The standard InChI is InChI=1S/C3H8.CH4.2ClH/c1-3-2;;;/h3H2,1-2H3;1H4;2*1H. The first-order valence-corrected chi connectivity index (χ1v) is 1.41. The summed E-state index contributed by atoms with van der Waals surface area (Å²) in [6.07, 6.45) is 1.25. The molecule has 6 heavy (non-hydrogen) atoms. The Morgan fingerprint density at radius 2 is 1.00 bits per heavy atom. The van der Waals surface area contributed by atoms with E-state index < -0.39 is 0 Å². The molecule has 0 aliphatic heterocycles. The topological polar surface area (TPSA) is 0 Å². The van der Waals surface area contributed by atoms with Crippen molar-refractivity contribution in [2.45, 2.75) is 27.7 Å². The molecule has 0 nitrogen and oxygen atoms in total. The van der Waals surface area contributed by atoms with Crippen LogP contribution in [0.25, 0.3) is 0 Å². The molecule has 0 heterocycles. The lowest BCUT2D eigenvalue weighted by Crippen LogP contribution is -1.27. The van der Waals surface area contributed by atoms with E-state index in [0.717, 1.165) is 0 Å². The highest BCUT2D eigenvalue weighted by atomic mass is 35.5. The predicted octanol–water partition coefficient (Wildman–Crippen LogP) is 2.90. The second-order valence-electron chi connectivity index (χ2n) is 0.707. The van der Waals surface area contributed by atoms with Crippen molar-refractivity contribution in [2.75, 3.05) is 0 Å². The van der Waals surface area contributed by atoms with Crippen LogP contribution in [0.4, 0.5) is 0 Å². The molecule has 2 heteroatoms. The highest BCUT2D eigenvalue weighted by Gasteiger charge is 1.35. The summed E-state index contributed by atoms with van der Waals surface area (Å²) in [7, 11) is 0. The third-order valence-corrected chi connectivity index (χ3v) is 0. The van der Waals surface area contributed by atoms with E-state index in [2.05, 4.69) is 13.8 Å². The van der Waals surface area contributed by atoms with Crippen molar-refractivity contribution in [1.29, 1.82) is 0 Å². The van der Waals surface area contributed by atoms with Crippen LogP contribution in [0.3, 0.4) is 0 Å². The third-order valence-electron chi connectivity index (χ3n) is 0. The van der Waals surface area contributed by atoms with Crippen LogP contribution in [0.1, 0.15) is 27.7 Å². The number of halogens is 2. The van der Waals surface area contributed by atoms with Crippen molar-refractivity contribution in [1.82, 2.24) is 0 Å². The molecule has 0 radical (unpaired) electrons. The van der Waals surface area contributed by atoms with Crippen molar-refractivity contribution in [2.24, 2.45) is 0 Å². The van der Waals surface area contributed by atoms with E-state index in [4.69, 9.17) is 0 Å². The van der Waals surface area contributed by atoms with Gasteiger partial charge >= 0.3 is 0 Å². The fourth-order valence-corrected chi connectivity index (χ4v) is 0. The fraction of sp³-hybridized carbons (Fsp3) is 1.00. The molecule has 0 N–H and O–H groups in total. The molecule has 0 saturated heterocycles. The molecule has 0 aliphatic rings. The highest BCUT2D eigenvalue weighted by molar-refractivity contribution is 5.85. The quantitative estimate of drug-likeness (QED) is 0.476. The maximum absolute atomic E-state index is 2.12. The lowest BCUT2D eigenvalue weighted by molar-refractivity contribution is 1.09. The summed E-state index contributed by atoms with van der Waals surface area (Å²) in [5.74, 6) is 0. The van der Waals surface area contributed by atoms with Gasteiger partial charge in [0.25, 0.3) is 0 Å². The molecule has 0 spiro atoms. The van der Waals surface area contributed by atoms with Gasteiger partial charge in [0.2, 0.25) is 0 Å². The lowest BCUT2D eigenvalue weighted by Gasteiger charge is -1.48. The minimum Gasteiger partial charge on any atom is -0.147 e. The Hall–Kier alpha value is 0.580. The Morgan fingerprint density at radius 3 is 1.00 bits per heavy atom. The van der Waals surface area contributed by atoms with Crippen LogP contribution in [0.15, 0.2) is 0 Å². The molecule has 0 bridgehead atoms. The van der Waals surface area contributed by atoms with Crippen LogP contribution in [0.5, 0.6) is 0 Å². The Kier molecular flexibility index (Phi) is 241. The average molecular weight is 133 g/mol. The molecular formula is C4H14Cl2. The second-order valence-corrected chi connectivity index (χ2v) is 0.707. The molecule has 0 amide bonds. The molecule has 0 atom stereocenters. The van der Waals surface area contributed by atoms with Crippen LogP contribution in [-0.4, -0.2) is 0 Å². The zero-order valence-electron chi connectivity index (χ0n) is 3.52. The van der Waals surface area contributed by atoms with Crippen LogP contribution in [0, 0.1) is 0 Å². The van der Waals surface area contributed by atoms with Gasteiger partial charge in [-0.15, -0.1) is 24.8 Å². The molecule has 0 aromatic heterocycles. The predicted molar refractivity (Wildman–Crippen MR) is 37.2 cm³/mol. The van der Waals surface area contributed by atoms with Gasteiger partial charge in [0, 0.05) is 0 Å². The molecule has 0 aliphatic carbocycles. The van der Waals surface area contributed by atoms with E-state index in [1.165, 1.54) is 6.42 Å². The van der Waals surface area contributed by atoms with Gasteiger partial charge in [-0.25, -0.2) is 0 Å². The summed E-state index contributed by atoms with van der Waals surface area (Å²) in [6, 6.07) is 0. The minimum atomic E-state index is 0. The average Bonchev–Trinajstić information content (AvgIpc) is 0.918. The summed E-state index contributed by atoms with van der Waals surface area (Å²) in [4.78, 5) is 0. The first-order valence-electron chi connectivity index (χ1n) is 1.41. The summed E-state index contributed by atoms with van der Waals surface area (Å²) < 4.78 is 0. The van der Waals surface area contributed by atoms with E-state index in [1.54, 1.807) is 0 Å². The number of hydrogen-bond acceptors (Lipinski definition) is 0. The SMILES string of the molecule is C.CCC.Cl.Cl. The highest BCUT2D eigenvalue weighted by Crippen LogP contribution is 1.56. The van der Waals surface area contributed by atoms with E-state index in [-0.39, 0.29) is 32.2 Å². The van der Waals surface area contributed by atoms with E-state index in [1.807, 2.05) is 0 Å². The van der Waals surface area contributed by atoms with Gasteiger partial charge in [0.05, 0.1) is 0 Å². The largest absolute Gasteiger partial charge is 0.147 e. The molecule has 0 saturated carbocycles. The number of rotatable bonds is 0. The molecule has 0 aromatic carbocycles. The molecule has 0 aromatic rings. The van der Waals surface area contributed by atoms with Gasteiger partial charge in [-0.3, -0.25) is 0 Å². The van der Waals surface area contributed by atoms with E-state index in [0.29, 0.717) is 0 Å². The van der Waals surface area contributed by atoms with Gasteiger partial charge in [0.1, 0.15) is 0 Å². The second kappa shape index (κ2) is 46.9. The maximum Gasteiger partial charge on any atom is -0.0590 e. The van der Waals surface area contributed by atoms with Crippen molar-refractivity contribution in [3.63, 3.8) is 0 Å². The first kappa shape index (κ1) is 30.8. The van der Waals surface area contributed by atoms with Gasteiger partial charge in [-0.1, -0.05) is 27.7 Å². The molecule has 0 rings (SSSR count). The zero-order valence-corrected chi connectivity index (χ0v) is 5.16. The third kappa shape index (κ3) is 174. The van der Waals surface area contributed by atoms with Gasteiger partial charge < -0.3 is 0 Å². The van der Waals surface area contributed by atoms with Crippen molar-refractivity contribution >= 4 is 24.8 Å². The Morgan fingerprint density at radius 1 is 1.00 bits per heavy atom. The van der Waals surface area contributed by atoms with Crippen molar-refractivity contribution < 1.29 is 0 Å². The smallest absolute Gasteiger partial charge is 0.0590 e. The minimum absolute atomic E-state index is 0. The Balaban J connectivity index is -0.00000000667. The monoisotopic (exact) mass is 132 g/mol. The van der Waals surface area contributed by atoms with Gasteiger partial charge in [-0.2, -0.15) is 0 Å². The fourth-order valence-electron chi connectivity index (χ4n) is 0. The summed E-state index contributed by atoms with van der Waals surface area (Å²) in [5, 5.41) is 0. The first-order chi connectivity index (χ1) is 1.41. The summed E-state index contributed by atoms with van der Waals surface area (Å²) in [5.41, 5.74) is 0. The Bertz CT molecular complexity index is 5.51. The zero-order chi connectivity index (χ0) is 2.71. The van der Waals surface area contributed by atoms with Crippen molar-refractivity contribution in [3.8, 4) is 0 Å². The van der Waals surface area contributed by atoms with E-state index >= 15 is 0 Å². The summed E-state index contributed by atoms with van der Waals surface area (Å²) in [6.45, 7) is 4.25. The van der Waals surface area contributed by atoms with Crippen LogP contribution in [-0.2, 0) is 0 Å².